The van der Waals surface area contributed by atoms with Crippen LogP contribution in [0.1, 0.15) is 40.5 Å². The number of hydrogen-bond acceptors (Lipinski definition) is 4. The molecule has 0 unspecified atom stereocenters. The van der Waals surface area contributed by atoms with Crippen LogP contribution in [-0.4, -0.2) is 24.7 Å². The highest BCUT2D eigenvalue weighted by molar-refractivity contribution is 7.80. The zero-order valence-electron chi connectivity index (χ0n) is 18.2. The first-order valence-corrected chi connectivity index (χ1v) is 11.4. The SMILES string of the molecule is Cc1cc([C@@H]2[C@H](c3ccccn3)NC(=S)N2Cc2ccco2)c(C)n1-c1cc(Cl)ccc1O. The van der Waals surface area contributed by atoms with Crippen LogP contribution in [-0.2, 0) is 6.54 Å². The number of nitrogens with zero attached hydrogens (tertiary/aromatic N) is 3. The lowest BCUT2D eigenvalue weighted by Gasteiger charge is -2.27. The van der Waals surface area contributed by atoms with Gasteiger partial charge in [0.1, 0.15) is 11.5 Å². The van der Waals surface area contributed by atoms with Gasteiger partial charge in [0.25, 0.3) is 0 Å². The molecule has 3 aromatic heterocycles. The largest absolute Gasteiger partial charge is 0.506 e. The first-order valence-electron chi connectivity index (χ1n) is 10.6. The monoisotopic (exact) mass is 478 g/mol. The van der Waals surface area contributed by atoms with Crippen molar-refractivity contribution in [2.75, 3.05) is 0 Å². The number of aromatic hydroxyl groups is 1. The smallest absolute Gasteiger partial charge is 0.170 e. The Morgan fingerprint density at radius 1 is 1.15 bits per heavy atom. The lowest BCUT2D eigenvalue weighted by atomic mass is 9.96. The summed E-state index contributed by atoms with van der Waals surface area (Å²) in [5.41, 5.74) is 4.61. The van der Waals surface area contributed by atoms with Gasteiger partial charge in [0.05, 0.1) is 36.3 Å². The maximum Gasteiger partial charge on any atom is 0.170 e. The molecule has 2 N–H and O–H groups in total. The van der Waals surface area contributed by atoms with E-state index < -0.39 is 0 Å². The number of furan rings is 1. The molecule has 168 valence electrons. The average Bonchev–Trinajstić information content (AvgIpc) is 3.50. The summed E-state index contributed by atoms with van der Waals surface area (Å²) in [5, 5.41) is 15.2. The van der Waals surface area contributed by atoms with Crippen molar-refractivity contribution in [2.45, 2.75) is 32.5 Å². The van der Waals surface area contributed by atoms with Crippen molar-refractivity contribution in [3.05, 3.63) is 100 Å². The van der Waals surface area contributed by atoms with E-state index in [1.165, 1.54) is 0 Å². The van der Waals surface area contributed by atoms with E-state index in [1.54, 1.807) is 30.7 Å². The zero-order chi connectivity index (χ0) is 23.1. The van der Waals surface area contributed by atoms with E-state index in [0.717, 1.165) is 28.4 Å². The zero-order valence-corrected chi connectivity index (χ0v) is 19.8. The quantitative estimate of drug-likeness (QED) is 0.363. The van der Waals surface area contributed by atoms with E-state index in [4.69, 9.17) is 28.2 Å². The Balaban J connectivity index is 1.65. The highest BCUT2D eigenvalue weighted by Crippen LogP contribution is 2.42. The normalized spacial score (nSPS) is 18.0. The molecular weight excluding hydrogens is 456 g/mol. The Morgan fingerprint density at radius 2 is 2.00 bits per heavy atom. The van der Waals surface area contributed by atoms with Crippen LogP contribution in [0.25, 0.3) is 5.69 Å². The molecular formula is C25H23ClN4O2S. The molecule has 0 aliphatic carbocycles. The van der Waals surface area contributed by atoms with Crippen LogP contribution in [0.4, 0.5) is 0 Å². The second-order valence-corrected chi connectivity index (χ2v) is 8.95. The molecule has 4 heterocycles. The van der Waals surface area contributed by atoms with Crippen LogP contribution in [0.5, 0.6) is 5.75 Å². The van der Waals surface area contributed by atoms with Crippen molar-refractivity contribution in [3.63, 3.8) is 0 Å². The molecule has 0 spiro atoms. The molecule has 4 aromatic rings. The third kappa shape index (κ3) is 3.87. The molecule has 1 aliphatic rings. The Kier molecular flexibility index (Phi) is 5.60. The topological polar surface area (TPSA) is 66.5 Å². The van der Waals surface area contributed by atoms with E-state index in [2.05, 4.69) is 21.3 Å². The Bertz CT molecular complexity index is 1300. The van der Waals surface area contributed by atoms with Gasteiger partial charge in [0, 0.05) is 22.6 Å². The van der Waals surface area contributed by atoms with E-state index in [1.807, 2.05) is 48.7 Å². The molecule has 1 aromatic carbocycles. The molecule has 0 amide bonds. The number of phenolic OH excluding ortho intramolecular Hbond substituents is 1. The Hall–Kier alpha value is -3.29. The van der Waals surface area contributed by atoms with E-state index in [-0.39, 0.29) is 17.8 Å². The molecule has 2 atom stereocenters. The van der Waals surface area contributed by atoms with Crippen LogP contribution < -0.4 is 5.32 Å². The number of nitrogens with one attached hydrogen (secondary N) is 1. The summed E-state index contributed by atoms with van der Waals surface area (Å²) in [6.45, 7) is 4.59. The van der Waals surface area contributed by atoms with Gasteiger partial charge in [-0.15, -0.1) is 0 Å². The number of thiocarbonyl (C=S) groups is 1. The van der Waals surface area contributed by atoms with Crippen molar-refractivity contribution < 1.29 is 9.52 Å². The van der Waals surface area contributed by atoms with Crippen LogP contribution in [0, 0.1) is 13.8 Å². The second kappa shape index (κ2) is 8.57. The third-order valence-electron chi connectivity index (χ3n) is 6.07. The number of pyridine rings is 1. The van der Waals surface area contributed by atoms with Crippen molar-refractivity contribution in [3.8, 4) is 11.4 Å². The summed E-state index contributed by atoms with van der Waals surface area (Å²) in [6, 6.07) is 16.6. The van der Waals surface area contributed by atoms with Gasteiger partial charge < -0.3 is 24.3 Å². The van der Waals surface area contributed by atoms with Crippen molar-refractivity contribution >= 4 is 28.9 Å². The van der Waals surface area contributed by atoms with E-state index >= 15 is 0 Å². The predicted molar refractivity (Wildman–Crippen MR) is 132 cm³/mol. The fraction of sp³-hybridized carbons (Fsp3) is 0.200. The summed E-state index contributed by atoms with van der Waals surface area (Å²) < 4.78 is 7.65. The predicted octanol–water partition coefficient (Wildman–Crippen LogP) is 5.61. The third-order valence-corrected chi connectivity index (χ3v) is 6.66. The van der Waals surface area contributed by atoms with Gasteiger partial charge in [-0.1, -0.05) is 17.7 Å². The standard InChI is InChI=1S/C25H23ClN4O2S/c1-15-12-19(16(2)30(15)21-13-17(26)8-9-22(21)31)24-23(20-7-3-4-10-27-20)28-25(33)29(24)14-18-6-5-11-32-18/h3-13,23-24,31H,14H2,1-2H3,(H,28,33)/t23-,24+/m0/s1. The number of hydrogen-bond donors (Lipinski definition) is 2. The molecule has 6 nitrogen and oxygen atoms in total. The molecule has 0 bridgehead atoms. The molecule has 1 fully saturated rings. The maximum atomic E-state index is 10.6. The molecule has 1 saturated heterocycles. The molecule has 1 aliphatic heterocycles. The first kappa shape index (κ1) is 21.6. The number of aryl methyl sites for hydroxylation is 1. The summed E-state index contributed by atoms with van der Waals surface area (Å²) in [6.07, 6.45) is 3.46. The van der Waals surface area contributed by atoms with Crippen LogP contribution >= 0.6 is 23.8 Å². The summed E-state index contributed by atoms with van der Waals surface area (Å²) >= 11 is 12.0. The molecule has 0 saturated carbocycles. The van der Waals surface area contributed by atoms with Crippen LogP contribution in [0.3, 0.4) is 0 Å². The number of benzene rings is 1. The molecule has 33 heavy (non-hydrogen) atoms. The van der Waals surface area contributed by atoms with Gasteiger partial charge >= 0.3 is 0 Å². The van der Waals surface area contributed by atoms with Crippen molar-refractivity contribution in [1.82, 2.24) is 19.8 Å². The minimum absolute atomic E-state index is 0.126. The van der Waals surface area contributed by atoms with Gasteiger partial charge in [-0.05, 0) is 80.2 Å². The lowest BCUT2D eigenvalue weighted by Crippen LogP contribution is -2.29. The number of halogens is 1. The highest BCUT2D eigenvalue weighted by Gasteiger charge is 2.41. The number of aromatic nitrogens is 2. The Labute approximate surface area is 202 Å². The van der Waals surface area contributed by atoms with Gasteiger partial charge in [-0.25, -0.2) is 0 Å². The van der Waals surface area contributed by atoms with Gasteiger partial charge in [-0.2, -0.15) is 0 Å². The summed E-state index contributed by atoms with van der Waals surface area (Å²) in [5.74, 6) is 0.994. The van der Waals surface area contributed by atoms with Crippen LogP contribution in [0.15, 0.2) is 71.5 Å². The fourth-order valence-corrected chi connectivity index (χ4v) is 5.09. The summed E-state index contributed by atoms with van der Waals surface area (Å²) in [4.78, 5) is 6.75. The highest BCUT2D eigenvalue weighted by atomic mass is 35.5. The first-order chi connectivity index (χ1) is 15.9. The maximum absolute atomic E-state index is 10.6. The number of phenols is 1. The van der Waals surface area contributed by atoms with E-state index in [0.29, 0.717) is 22.4 Å². The molecule has 0 radical (unpaired) electrons. The molecule has 8 heteroatoms. The number of rotatable bonds is 5. The van der Waals surface area contributed by atoms with Gasteiger partial charge in [-0.3, -0.25) is 4.98 Å². The van der Waals surface area contributed by atoms with Crippen molar-refractivity contribution in [1.29, 1.82) is 0 Å². The molecule has 5 rings (SSSR count). The minimum atomic E-state index is -0.143. The summed E-state index contributed by atoms with van der Waals surface area (Å²) in [7, 11) is 0. The second-order valence-electron chi connectivity index (χ2n) is 8.13. The lowest BCUT2D eigenvalue weighted by molar-refractivity contribution is 0.286. The fourth-order valence-electron chi connectivity index (χ4n) is 4.62. The minimum Gasteiger partial charge on any atom is -0.506 e. The van der Waals surface area contributed by atoms with Gasteiger partial charge in [0.2, 0.25) is 0 Å². The van der Waals surface area contributed by atoms with Crippen LogP contribution in [0.2, 0.25) is 5.02 Å². The van der Waals surface area contributed by atoms with Gasteiger partial charge in [0.15, 0.2) is 5.11 Å². The average molecular weight is 479 g/mol. The van der Waals surface area contributed by atoms with E-state index in [9.17, 15) is 5.11 Å². The Morgan fingerprint density at radius 3 is 2.73 bits per heavy atom. The van der Waals surface area contributed by atoms with Crippen molar-refractivity contribution in [2.24, 2.45) is 0 Å².